The van der Waals surface area contributed by atoms with Crippen LogP contribution >= 0.6 is 0 Å². The monoisotopic (exact) mass is 464 g/mol. The fourth-order valence-electron chi connectivity index (χ4n) is 4.07. The molecule has 1 aromatic heterocycles. The maximum atomic E-state index is 12.6. The predicted octanol–water partition coefficient (Wildman–Crippen LogP) is 6.38. The topological polar surface area (TPSA) is 69.7 Å². The molecule has 0 radical (unpaired) electrons. The number of nitrogens with one attached hydrogen (secondary N) is 1. The standard InChI is InChI=1S/C29H24N2O4/c1-33-27-17-23-25(18-28(27)34-2)30-14-13-26(23)35-21-11-12-22-20(16-21)9-6-10-24(22)31-29(32)15-19-7-4-3-5-8-19/h3-14,16-18H,15H2,1-2H3,(H,31,32). The summed E-state index contributed by atoms with van der Waals surface area (Å²) in [4.78, 5) is 17.0. The molecule has 6 heteroatoms. The lowest BCUT2D eigenvalue weighted by Gasteiger charge is -2.13. The molecule has 1 amide bonds. The minimum atomic E-state index is -0.0587. The van der Waals surface area contributed by atoms with Gasteiger partial charge in [0.2, 0.25) is 5.91 Å². The van der Waals surface area contributed by atoms with Gasteiger partial charge in [-0.25, -0.2) is 0 Å². The van der Waals surface area contributed by atoms with Crippen LogP contribution in [0.1, 0.15) is 5.56 Å². The fraction of sp³-hybridized carbons (Fsp3) is 0.103. The first kappa shape index (κ1) is 22.2. The van der Waals surface area contributed by atoms with Gasteiger partial charge in [-0.15, -0.1) is 0 Å². The van der Waals surface area contributed by atoms with E-state index in [0.29, 0.717) is 29.4 Å². The van der Waals surface area contributed by atoms with E-state index < -0.39 is 0 Å². The Bertz CT molecular complexity index is 1520. The van der Waals surface area contributed by atoms with Gasteiger partial charge in [-0.1, -0.05) is 42.5 Å². The van der Waals surface area contributed by atoms with E-state index in [1.54, 1.807) is 20.4 Å². The number of amides is 1. The number of ether oxygens (including phenoxy) is 3. The number of pyridine rings is 1. The third kappa shape index (κ3) is 4.73. The van der Waals surface area contributed by atoms with Crippen LogP contribution in [0.15, 0.2) is 91.1 Å². The molecular formula is C29H24N2O4. The highest BCUT2D eigenvalue weighted by atomic mass is 16.5. The first-order chi connectivity index (χ1) is 17.1. The average molecular weight is 465 g/mol. The minimum absolute atomic E-state index is 0.0587. The molecule has 0 saturated heterocycles. The maximum Gasteiger partial charge on any atom is 0.228 e. The Morgan fingerprint density at radius 3 is 2.40 bits per heavy atom. The van der Waals surface area contributed by atoms with Crippen molar-refractivity contribution < 1.29 is 19.0 Å². The van der Waals surface area contributed by atoms with E-state index in [0.717, 1.165) is 32.9 Å². The highest BCUT2D eigenvalue weighted by Crippen LogP contribution is 2.37. The summed E-state index contributed by atoms with van der Waals surface area (Å²) >= 11 is 0. The van der Waals surface area contributed by atoms with Crippen molar-refractivity contribution in [3.63, 3.8) is 0 Å². The number of benzene rings is 4. The molecule has 0 aliphatic carbocycles. The zero-order valence-corrected chi connectivity index (χ0v) is 19.4. The highest BCUT2D eigenvalue weighted by molar-refractivity contribution is 6.03. The summed E-state index contributed by atoms with van der Waals surface area (Å²) in [6.45, 7) is 0. The number of hydrogen-bond donors (Lipinski definition) is 1. The lowest BCUT2D eigenvalue weighted by atomic mass is 10.1. The fourth-order valence-corrected chi connectivity index (χ4v) is 4.07. The summed E-state index contributed by atoms with van der Waals surface area (Å²) < 4.78 is 17.1. The molecule has 6 nitrogen and oxygen atoms in total. The Kier molecular flexibility index (Phi) is 6.18. The average Bonchev–Trinajstić information content (AvgIpc) is 2.88. The lowest BCUT2D eigenvalue weighted by molar-refractivity contribution is -0.115. The van der Waals surface area contributed by atoms with Crippen molar-refractivity contribution in [2.75, 3.05) is 19.5 Å². The van der Waals surface area contributed by atoms with E-state index in [2.05, 4.69) is 10.3 Å². The summed E-state index contributed by atoms with van der Waals surface area (Å²) in [6, 6.07) is 26.8. The van der Waals surface area contributed by atoms with Gasteiger partial charge in [-0.05, 0) is 47.3 Å². The first-order valence-electron chi connectivity index (χ1n) is 11.2. The number of methoxy groups -OCH3 is 2. The van der Waals surface area contributed by atoms with Gasteiger partial charge in [-0.2, -0.15) is 0 Å². The van der Waals surface area contributed by atoms with Gasteiger partial charge < -0.3 is 19.5 Å². The Labute approximate surface area is 203 Å². The lowest BCUT2D eigenvalue weighted by Crippen LogP contribution is -2.14. The van der Waals surface area contributed by atoms with Gasteiger partial charge in [0.1, 0.15) is 11.5 Å². The largest absolute Gasteiger partial charge is 0.493 e. The van der Waals surface area contributed by atoms with E-state index in [4.69, 9.17) is 14.2 Å². The third-order valence-electron chi connectivity index (χ3n) is 5.77. The van der Waals surface area contributed by atoms with Crippen LogP contribution in [-0.4, -0.2) is 25.1 Å². The van der Waals surface area contributed by atoms with Crippen LogP contribution in [0.5, 0.6) is 23.0 Å². The molecule has 0 fully saturated rings. The van der Waals surface area contributed by atoms with E-state index in [1.807, 2.05) is 84.9 Å². The maximum absolute atomic E-state index is 12.6. The highest BCUT2D eigenvalue weighted by Gasteiger charge is 2.12. The predicted molar refractivity (Wildman–Crippen MR) is 138 cm³/mol. The van der Waals surface area contributed by atoms with Gasteiger partial charge in [0, 0.05) is 28.7 Å². The van der Waals surface area contributed by atoms with Crippen LogP contribution in [0.4, 0.5) is 5.69 Å². The molecule has 0 aliphatic heterocycles. The second kappa shape index (κ2) is 9.73. The van der Waals surface area contributed by atoms with Gasteiger partial charge in [0.25, 0.3) is 0 Å². The molecule has 0 aliphatic rings. The zero-order valence-electron chi connectivity index (χ0n) is 19.4. The van der Waals surface area contributed by atoms with Gasteiger partial charge in [-0.3, -0.25) is 9.78 Å². The Morgan fingerprint density at radius 1 is 0.800 bits per heavy atom. The van der Waals surface area contributed by atoms with Crippen LogP contribution in [0.25, 0.3) is 21.7 Å². The number of carbonyl (C=O) groups excluding carboxylic acids is 1. The number of fused-ring (bicyclic) bond motifs is 2. The van der Waals surface area contributed by atoms with E-state index in [-0.39, 0.29) is 5.91 Å². The van der Waals surface area contributed by atoms with Crippen molar-refractivity contribution in [1.29, 1.82) is 0 Å². The van der Waals surface area contributed by atoms with Crippen molar-refractivity contribution in [1.82, 2.24) is 4.98 Å². The minimum Gasteiger partial charge on any atom is -0.493 e. The molecule has 0 saturated carbocycles. The molecule has 4 aromatic carbocycles. The van der Waals surface area contributed by atoms with Gasteiger partial charge >= 0.3 is 0 Å². The van der Waals surface area contributed by atoms with Crippen molar-refractivity contribution >= 4 is 33.3 Å². The van der Waals surface area contributed by atoms with Crippen LogP contribution in [0, 0.1) is 0 Å². The third-order valence-corrected chi connectivity index (χ3v) is 5.77. The quantitative estimate of drug-likeness (QED) is 0.303. The summed E-state index contributed by atoms with van der Waals surface area (Å²) in [5.41, 5.74) is 2.48. The first-order valence-corrected chi connectivity index (χ1v) is 11.2. The molecule has 1 N–H and O–H groups in total. The Hall–Kier alpha value is -4.58. The molecule has 174 valence electrons. The number of anilines is 1. The molecule has 35 heavy (non-hydrogen) atoms. The van der Waals surface area contributed by atoms with Crippen LogP contribution in [-0.2, 0) is 11.2 Å². The summed E-state index contributed by atoms with van der Waals surface area (Å²) in [5, 5.41) is 5.74. The van der Waals surface area contributed by atoms with E-state index in [1.165, 1.54) is 0 Å². The number of hydrogen-bond acceptors (Lipinski definition) is 5. The number of rotatable bonds is 7. The summed E-state index contributed by atoms with van der Waals surface area (Å²) in [6.07, 6.45) is 2.02. The molecule has 0 unspecified atom stereocenters. The molecule has 0 spiro atoms. The van der Waals surface area contributed by atoms with Crippen molar-refractivity contribution in [2.45, 2.75) is 6.42 Å². The van der Waals surface area contributed by atoms with Gasteiger partial charge in [0.15, 0.2) is 11.5 Å². The molecule has 5 rings (SSSR count). The molecule has 0 atom stereocenters. The van der Waals surface area contributed by atoms with Gasteiger partial charge in [0.05, 0.1) is 26.2 Å². The van der Waals surface area contributed by atoms with Crippen molar-refractivity contribution in [2.24, 2.45) is 0 Å². The van der Waals surface area contributed by atoms with Crippen molar-refractivity contribution in [3.8, 4) is 23.0 Å². The Balaban J connectivity index is 1.42. The molecule has 0 bridgehead atoms. The normalized spacial score (nSPS) is 10.8. The van der Waals surface area contributed by atoms with Crippen molar-refractivity contribution in [3.05, 3.63) is 96.7 Å². The summed E-state index contributed by atoms with van der Waals surface area (Å²) in [5.74, 6) is 2.48. The van der Waals surface area contributed by atoms with E-state index >= 15 is 0 Å². The zero-order chi connectivity index (χ0) is 24.2. The smallest absolute Gasteiger partial charge is 0.228 e. The number of carbonyl (C=O) groups is 1. The van der Waals surface area contributed by atoms with Crippen LogP contribution in [0.2, 0.25) is 0 Å². The second-order valence-corrected chi connectivity index (χ2v) is 8.03. The second-order valence-electron chi connectivity index (χ2n) is 8.03. The van der Waals surface area contributed by atoms with Crippen LogP contribution < -0.4 is 19.5 Å². The van der Waals surface area contributed by atoms with Crippen LogP contribution in [0.3, 0.4) is 0 Å². The van der Waals surface area contributed by atoms with E-state index in [9.17, 15) is 4.79 Å². The summed E-state index contributed by atoms with van der Waals surface area (Å²) in [7, 11) is 3.19. The Morgan fingerprint density at radius 2 is 1.60 bits per heavy atom. The molecule has 1 heterocycles. The molecular weight excluding hydrogens is 440 g/mol. The SMILES string of the molecule is COc1cc2nccc(Oc3ccc4c(NC(=O)Cc5ccccc5)cccc4c3)c2cc1OC. The number of nitrogens with zero attached hydrogens (tertiary/aromatic N) is 1. The molecule has 5 aromatic rings. The number of aromatic nitrogens is 1.